The van der Waals surface area contributed by atoms with Crippen molar-refractivity contribution in [1.29, 1.82) is 0 Å². The minimum atomic E-state index is -4.32. The van der Waals surface area contributed by atoms with Gasteiger partial charge in [-0.2, -0.15) is 0 Å². The quantitative estimate of drug-likeness (QED) is 0.150. The Morgan fingerprint density at radius 1 is 0.830 bits per heavy atom. The molecule has 0 fully saturated rings. The number of hydrogen-bond donors (Lipinski definition) is 1. The van der Waals surface area contributed by atoms with E-state index >= 15 is 0 Å². The monoisotopic (exact) mass is 733 g/mol. The lowest BCUT2D eigenvalue weighted by Crippen LogP contribution is -2.54. The second kappa shape index (κ2) is 16.2. The van der Waals surface area contributed by atoms with E-state index in [0.29, 0.717) is 22.0 Å². The molecule has 0 aliphatic heterocycles. The Morgan fingerprint density at radius 3 is 2.06 bits per heavy atom. The summed E-state index contributed by atoms with van der Waals surface area (Å²) in [5.74, 6) is -1.04. The molecule has 12 heteroatoms. The number of sulfonamides is 1. The van der Waals surface area contributed by atoms with Crippen molar-refractivity contribution in [2.75, 3.05) is 10.8 Å². The fourth-order valence-electron chi connectivity index (χ4n) is 4.88. The number of carbonyl (C=O) groups is 2. The average Bonchev–Trinajstić information content (AvgIpc) is 3.02. The summed E-state index contributed by atoms with van der Waals surface area (Å²) in [5, 5.41) is 4.07. The Kier molecular flexibility index (Phi) is 12.6. The highest BCUT2D eigenvalue weighted by molar-refractivity contribution is 7.92. The maximum absolute atomic E-state index is 14.6. The van der Waals surface area contributed by atoms with Gasteiger partial charge in [-0.1, -0.05) is 107 Å². The molecule has 1 N–H and O–H groups in total. The highest BCUT2D eigenvalue weighted by Crippen LogP contribution is 2.31. The summed E-state index contributed by atoms with van der Waals surface area (Å²) < 4.78 is 29.4. The summed E-state index contributed by atoms with van der Waals surface area (Å²) in [6, 6.07) is 23.5. The van der Waals surface area contributed by atoms with Gasteiger partial charge in [-0.05, 0) is 73.9 Å². The van der Waals surface area contributed by atoms with Crippen LogP contribution in [0.5, 0.6) is 0 Å². The Morgan fingerprint density at radius 2 is 1.47 bits per heavy atom. The van der Waals surface area contributed by atoms with Crippen LogP contribution < -0.4 is 9.62 Å². The van der Waals surface area contributed by atoms with Crippen LogP contribution in [-0.4, -0.2) is 43.8 Å². The Hall–Kier alpha value is -3.27. The van der Waals surface area contributed by atoms with E-state index in [9.17, 15) is 18.0 Å². The second-order valence-electron chi connectivity index (χ2n) is 11.2. The van der Waals surface area contributed by atoms with Gasteiger partial charge in [-0.3, -0.25) is 13.9 Å². The molecule has 2 unspecified atom stereocenters. The van der Waals surface area contributed by atoms with Crippen LogP contribution in [0.25, 0.3) is 0 Å². The van der Waals surface area contributed by atoms with Crippen LogP contribution in [0, 0.1) is 6.92 Å². The zero-order valence-electron chi connectivity index (χ0n) is 26.1. The molecule has 0 aromatic heterocycles. The van der Waals surface area contributed by atoms with Crippen LogP contribution in [-0.2, 0) is 32.6 Å². The van der Waals surface area contributed by atoms with E-state index in [2.05, 4.69) is 5.32 Å². The number of anilines is 1. The first-order valence-corrected chi connectivity index (χ1v) is 17.9. The number of carbonyl (C=O) groups excluding carboxylic acids is 2. The predicted octanol–water partition coefficient (Wildman–Crippen LogP) is 8.36. The normalized spacial score (nSPS) is 12.7. The van der Waals surface area contributed by atoms with Crippen molar-refractivity contribution in [3.8, 4) is 0 Å². The summed E-state index contributed by atoms with van der Waals surface area (Å²) >= 11 is 25.4. The molecule has 2 amide bonds. The van der Waals surface area contributed by atoms with Gasteiger partial charge in [0.2, 0.25) is 11.8 Å². The van der Waals surface area contributed by atoms with E-state index in [-0.39, 0.29) is 45.5 Å². The summed E-state index contributed by atoms with van der Waals surface area (Å²) in [4.78, 5) is 29.9. The lowest BCUT2D eigenvalue weighted by molar-refractivity contribution is -0.140. The largest absolute Gasteiger partial charge is 0.352 e. The first kappa shape index (κ1) is 36.6. The second-order valence-corrected chi connectivity index (χ2v) is 14.8. The highest BCUT2D eigenvalue weighted by Gasteiger charge is 2.35. The van der Waals surface area contributed by atoms with Gasteiger partial charge >= 0.3 is 0 Å². The van der Waals surface area contributed by atoms with Gasteiger partial charge in [0.15, 0.2) is 0 Å². The standard InChI is InChI=1S/C35H35Cl4N3O4S/c1-4-24(3)40-35(44)33(16-25-8-6-5-7-9-25)41(21-26-12-13-27(36)20-32(26)39)34(43)22-42(30-18-28(37)17-29(38)19-30)47(45,46)31-14-10-23(2)11-15-31/h5-15,17-20,24,33H,4,16,21-22H2,1-3H3,(H,40,44). The number of rotatable bonds is 13. The van der Waals surface area contributed by atoms with Crippen molar-refractivity contribution in [1.82, 2.24) is 10.2 Å². The predicted molar refractivity (Wildman–Crippen MR) is 191 cm³/mol. The zero-order valence-corrected chi connectivity index (χ0v) is 29.9. The van der Waals surface area contributed by atoms with Crippen molar-refractivity contribution in [2.24, 2.45) is 0 Å². The fraction of sp³-hybridized carbons (Fsp3) is 0.257. The maximum atomic E-state index is 14.6. The van der Waals surface area contributed by atoms with Gasteiger partial charge in [0.25, 0.3) is 10.0 Å². The van der Waals surface area contributed by atoms with Crippen LogP contribution >= 0.6 is 46.4 Å². The van der Waals surface area contributed by atoms with Crippen molar-refractivity contribution in [2.45, 2.75) is 57.1 Å². The molecule has 0 aliphatic carbocycles. The summed E-state index contributed by atoms with van der Waals surface area (Å²) in [7, 11) is -4.32. The number of nitrogens with one attached hydrogen (secondary N) is 1. The van der Waals surface area contributed by atoms with Gasteiger partial charge in [-0.15, -0.1) is 0 Å². The third kappa shape index (κ3) is 9.64. The van der Waals surface area contributed by atoms with Crippen LogP contribution in [0.3, 0.4) is 0 Å². The van der Waals surface area contributed by atoms with Gasteiger partial charge < -0.3 is 10.2 Å². The van der Waals surface area contributed by atoms with E-state index in [1.807, 2.05) is 51.1 Å². The van der Waals surface area contributed by atoms with Crippen LogP contribution in [0.1, 0.15) is 37.0 Å². The van der Waals surface area contributed by atoms with Crippen LogP contribution in [0.4, 0.5) is 5.69 Å². The maximum Gasteiger partial charge on any atom is 0.264 e. The zero-order chi connectivity index (χ0) is 34.3. The van der Waals surface area contributed by atoms with Crippen LogP contribution in [0.2, 0.25) is 20.1 Å². The third-order valence-electron chi connectivity index (χ3n) is 7.65. The van der Waals surface area contributed by atoms with E-state index in [1.165, 1.54) is 35.2 Å². The lowest BCUT2D eigenvalue weighted by Gasteiger charge is -2.34. The van der Waals surface area contributed by atoms with Gasteiger partial charge in [0.05, 0.1) is 10.6 Å². The topological polar surface area (TPSA) is 86.8 Å². The van der Waals surface area contributed by atoms with E-state index in [1.54, 1.807) is 30.3 Å². The number of amides is 2. The number of aryl methyl sites for hydroxylation is 1. The molecule has 0 aliphatic rings. The molecule has 0 bridgehead atoms. The molecule has 2 atom stereocenters. The molecule has 0 radical (unpaired) electrons. The molecule has 248 valence electrons. The van der Waals surface area contributed by atoms with Crippen molar-refractivity contribution in [3.05, 3.63) is 128 Å². The number of halogens is 4. The lowest BCUT2D eigenvalue weighted by atomic mass is 10.0. The molecule has 7 nitrogen and oxygen atoms in total. The Bertz CT molecular complexity index is 1800. The van der Waals surface area contributed by atoms with Gasteiger partial charge in [0, 0.05) is 39.1 Å². The minimum Gasteiger partial charge on any atom is -0.352 e. The molecule has 4 aromatic rings. The molecular weight excluding hydrogens is 700 g/mol. The van der Waals surface area contributed by atoms with Crippen molar-refractivity contribution in [3.63, 3.8) is 0 Å². The summed E-state index contributed by atoms with van der Waals surface area (Å²) in [6.45, 7) is 4.89. The third-order valence-corrected chi connectivity index (χ3v) is 10.5. The fourth-order valence-corrected chi connectivity index (χ4v) is 7.26. The summed E-state index contributed by atoms with van der Waals surface area (Å²) in [5.41, 5.74) is 2.28. The smallest absolute Gasteiger partial charge is 0.264 e. The van der Waals surface area contributed by atoms with Crippen molar-refractivity contribution >= 4 is 73.9 Å². The van der Waals surface area contributed by atoms with Crippen molar-refractivity contribution < 1.29 is 18.0 Å². The first-order chi connectivity index (χ1) is 22.3. The average molecular weight is 736 g/mol. The van der Waals surface area contributed by atoms with E-state index < -0.39 is 28.5 Å². The molecule has 4 aromatic carbocycles. The minimum absolute atomic E-state index is 0.0327. The molecule has 0 spiro atoms. The molecule has 47 heavy (non-hydrogen) atoms. The number of benzene rings is 4. The van der Waals surface area contributed by atoms with Gasteiger partial charge in [-0.25, -0.2) is 8.42 Å². The van der Waals surface area contributed by atoms with Crippen LogP contribution in [0.15, 0.2) is 95.9 Å². The number of nitrogens with zero attached hydrogens (tertiary/aromatic N) is 2. The molecule has 0 saturated carbocycles. The van der Waals surface area contributed by atoms with Gasteiger partial charge in [0.1, 0.15) is 12.6 Å². The molecule has 4 rings (SSSR count). The van der Waals surface area contributed by atoms with E-state index in [0.717, 1.165) is 15.4 Å². The highest BCUT2D eigenvalue weighted by atomic mass is 35.5. The molecule has 0 heterocycles. The molecular formula is C35H35Cl4N3O4S. The SMILES string of the molecule is CCC(C)NC(=O)C(Cc1ccccc1)N(Cc1ccc(Cl)cc1Cl)C(=O)CN(c1cc(Cl)cc(Cl)c1)S(=O)(=O)c1ccc(C)cc1. The Labute approximate surface area is 296 Å². The first-order valence-electron chi connectivity index (χ1n) is 14.9. The molecule has 0 saturated heterocycles. The van der Waals surface area contributed by atoms with E-state index in [4.69, 9.17) is 46.4 Å². The Balaban J connectivity index is 1.85. The number of hydrogen-bond acceptors (Lipinski definition) is 4. The summed E-state index contributed by atoms with van der Waals surface area (Å²) in [6.07, 6.45) is 0.826.